The Morgan fingerprint density at radius 3 is 2.39 bits per heavy atom. The molecule has 4 rings (SSSR count). The monoisotopic (exact) mass is 604 g/mol. The Labute approximate surface area is 239 Å². The molecule has 6 nitrogen and oxygen atoms in total. The van der Waals surface area contributed by atoms with Crippen molar-refractivity contribution < 1.29 is 19.1 Å². The van der Waals surface area contributed by atoms with E-state index >= 15 is 0 Å². The van der Waals surface area contributed by atoms with Gasteiger partial charge >= 0.3 is 6.09 Å². The maximum absolute atomic E-state index is 12.8. The standard InChI is InChI=1S/C24H29BrN2O4S.C6H12/c1-24(2,3)31-23(29)27(15-20-13-17(9-11-25)16-32-20)12-10-19-14-26-22(30-19)21(28)18-7-5-4-6-8-18;1-2-4-6-5-3-1/h4-8,13-14,16,21,28H,9-12,15H2,1-3H3;1-6H2. The van der Waals surface area contributed by atoms with Crippen LogP contribution in [0.2, 0.25) is 0 Å². The van der Waals surface area contributed by atoms with Crippen LogP contribution in [0.4, 0.5) is 4.79 Å². The normalized spacial score (nSPS) is 14.3. The fraction of sp³-hybridized carbons (Fsp3) is 0.533. The number of rotatable bonds is 9. The fourth-order valence-corrected chi connectivity index (χ4v) is 5.54. The molecular weight excluding hydrogens is 564 g/mol. The van der Waals surface area contributed by atoms with Gasteiger partial charge in [-0.3, -0.25) is 0 Å². The second-order valence-corrected chi connectivity index (χ2v) is 12.4. The molecule has 2 heterocycles. The summed E-state index contributed by atoms with van der Waals surface area (Å²) in [6.45, 7) is 6.45. The van der Waals surface area contributed by atoms with Crippen LogP contribution in [0.15, 0.2) is 52.4 Å². The van der Waals surface area contributed by atoms with Gasteiger partial charge in [0, 0.05) is 23.2 Å². The summed E-state index contributed by atoms with van der Waals surface area (Å²) in [5.74, 6) is 0.849. The molecule has 8 heteroatoms. The summed E-state index contributed by atoms with van der Waals surface area (Å²) >= 11 is 5.11. The first kappa shape index (κ1) is 30.4. The quantitative estimate of drug-likeness (QED) is 0.250. The molecule has 38 heavy (non-hydrogen) atoms. The van der Waals surface area contributed by atoms with Gasteiger partial charge in [-0.25, -0.2) is 9.78 Å². The summed E-state index contributed by atoms with van der Waals surface area (Å²) < 4.78 is 11.4. The van der Waals surface area contributed by atoms with Gasteiger partial charge in [0.15, 0.2) is 6.10 Å². The SMILES string of the molecule is C1CCCCC1.CC(C)(C)OC(=O)N(CCc1cnc(C(O)c2ccccc2)o1)Cc1cc(CCBr)cs1. The summed E-state index contributed by atoms with van der Waals surface area (Å²) in [7, 11) is 0. The highest BCUT2D eigenvalue weighted by molar-refractivity contribution is 9.09. The number of aryl methyl sites for hydroxylation is 1. The molecular formula is C30H41BrN2O4S. The molecule has 1 aliphatic carbocycles. The Morgan fingerprint density at radius 1 is 1.13 bits per heavy atom. The van der Waals surface area contributed by atoms with Crippen molar-refractivity contribution >= 4 is 33.4 Å². The Kier molecular flexibility index (Phi) is 12.3. The van der Waals surface area contributed by atoms with Crippen LogP contribution in [0.5, 0.6) is 0 Å². The number of aliphatic hydroxyl groups is 1. The molecule has 1 aliphatic rings. The van der Waals surface area contributed by atoms with Crippen LogP contribution >= 0.6 is 27.3 Å². The summed E-state index contributed by atoms with van der Waals surface area (Å²) in [5.41, 5.74) is 1.39. The lowest BCUT2D eigenvalue weighted by Gasteiger charge is -2.27. The molecule has 3 aromatic rings. The fourth-order valence-electron chi connectivity index (χ4n) is 4.15. The lowest BCUT2D eigenvalue weighted by atomic mass is 10.0. The number of aromatic nitrogens is 1. The Morgan fingerprint density at radius 2 is 1.79 bits per heavy atom. The number of aliphatic hydroxyl groups excluding tert-OH is 1. The molecule has 0 aliphatic heterocycles. The van der Waals surface area contributed by atoms with E-state index in [0.29, 0.717) is 30.8 Å². The van der Waals surface area contributed by atoms with Crippen molar-refractivity contribution in [2.45, 2.75) is 90.4 Å². The molecule has 2 aromatic heterocycles. The minimum Gasteiger partial charge on any atom is -0.444 e. The largest absolute Gasteiger partial charge is 0.444 e. The number of ether oxygens (including phenoxy) is 1. The number of nitrogens with zero attached hydrogens (tertiary/aromatic N) is 2. The predicted molar refractivity (Wildman–Crippen MR) is 157 cm³/mol. The van der Waals surface area contributed by atoms with Gasteiger partial charge in [0.05, 0.1) is 12.7 Å². The van der Waals surface area contributed by atoms with E-state index in [9.17, 15) is 9.90 Å². The second kappa shape index (κ2) is 15.4. The second-order valence-electron chi connectivity index (χ2n) is 10.6. The summed E-state index contributed by atoms with van der Waals surface area (Å²) in [6.07, 6.45) is 10.7. The summed E-state index contributed by atoms with van der Waals surface area (Å²) in [6, 6.07) is 11.4. The van der Waals surface area contributed by atoms with Crippen molar-refractivity contribution in [3.63, 3.8) is 0 Å². The number of carbonyl (C=O) groups excluding carboxylic acids is 1. The van der Waals surface area contributed by atoms with Gasteiger partial charge in [0.25, 0.3) is 0 Å². The molecule has 0 radical (unpaired) electrons. The van der Waals surface area contributed by atoms with Crippen LogP contribution in [0.3, 0.4) is 0 Å². The van der Waals surface area contributed by atoms with Crippen molar-refractivity contribution in [2.75, 3.05) is 11.9 Å². The first-order valence-electron chi connectivity index (χ1n) is 13.5. The van der Waals surface area contributed by atoms with Gasteiger partial charge in [0.1, 0.15) is 11.4 Å². The third-order valence-electron chi connectivity index (χ3n) is 6.14. The molecule has 1 saturated carbocycles. The number of halogens is 1. The van der Waals surface area contributed by atoms with Gasteiger partial charge in [-0.1, -0.05) is 84.8 Å². The zero-order valence-electron chi connectivity index (χ0n) is 22.8. The number of amides is 1. The molecule has 0 bridgehead atoms. The number of oxazole rings is 1. The number of thiophene rings is 1. The molecule has 1 unspecified atom stereocenters. The van der Waals surface area contributed by atoms with E-state index in [-0.39, 0.29) is 12.0 Å². The lowest BCUT2D eigenvalue weighted by molar-refractivity contribution is 0.0235. The van der Waals surface area contributed by atoms with Crippen LogP contribution in [-0.4, -0.2) is 38.6 Å². The highest BCUT2D eigenvalue weighted by Crippen LogP contribution is 2.23. The van der Waals surface area contributed by atoms with Crippen molar-refractivity contribution in [1.29, 1.82) is 0 Å². The van der Waals surface area contributed by atoms with E-state index in [1.807, 2.05) is 51.1 Å². The van der Waals surface area contributed by atoms with E-state index in [1.54, 1.807) is 22.4 Å². The van der Waals surface area contributed by atoms with Crippen molar-refractivity contribution in [3.8, 4) is 0 Å². The van der Waals surface area contributed by atoms with E-state index in [0.717, 1.165) is 16.6 Å². The Hall–Kier alpha value is -2.16. The minimum atomic E-state index is -0.925. The Bertz CT molecular complexity index is 1080. The molecule has 208 valence electrons. The third kappa shape index (κ3) is 10.5. The van der Waals surface area contributed by atoms with Crippen molar-refractivity contribution in [2.24, 2.45) is 0 Å². The highest BCUT2D eigenvalue weighted by Gasteiger charge is 2.24. The Balaban J connectivity index is 0.000000585. The number of benzene rings is 1. The maximum Gasteiger partial charge on any atom is 0.410 e. The lowest BCUT2D eigenvalue weighted by Crippen LogP contribution is -2.37. The van der Waals surface area contributed by atoms with Crippen LogP contribution in [0.1, 0.15) is 93.1 Å². The molecule has 1 fully saturated rings. The third-order valence-corrected chi connectivity index (χ3v) is 7.51. The predicted octanol–water partition coefficient (Wildman–Crippen LogP) is 8.08. The van der Waals surface area contributed by atoms with Gasteiger partial charge in [0.2, 0.25) is 5.89 Å². The van der Waals surface area contributed by atoms with Gasteiger partial charge in [-0.2, -0.15) is 0 Å². The van der Waals surface area contributed by atoms with E-state index < -0.39 is 11.7 Å². The number of hydrogen-bond acceptors (Lipinski definition) is 6. The molecule has 0 spiro atoms. The van der Waals surface area contributed by atoms with Crippen LogP contribution in [0, 0.1) is 0 Å². The van der Waals surface area contributed by atoms with Gasteiger partial charge in [-0.15, -0.1) is 11.3 Å². The van der Waals surface area contributed by atoms with E-state index in [1.165, 1.54) is 44.1 Å². The smallest absolute Gasteiger partial charge is 0.410 e. The molecule has 1 N–H and O–H groups in total. The van der Waals surface area contributed by atoms with Gasteiger partial charge in [-0.05, 0) is 49.8 Å². The van der Waals surface area contributed by atoms with Crippen molar-refractivity contribution in [3.05, 3.63) is 75.6 Å². The molecule has 1 atom stereocenters. The van der Waals surface area contributed by atoms with E-state index in [2.05, 4.69) is 32.4 Å². The number of alkyl halides is 1. The number of carbonyl (C=O) groups is 1. The summed E-state index contributed by atoms with van der Waals surface area (Å²) in [5, 5.41) is 13.5. The first-order chi connectivity index (χ1) is 18.2. The van der Waals surface area contributed by atoms with Crippen molar-refractivity contribution in [1.82, 2.24) is 9.88 Å². The first-order valence-corrected chi connectivity index (χ1v) is 15.5. The zero-order valence-corrected chi connectivity index (χ0v) is 25.2. The average molecular weight is 606 g/mol. The van der Waals surface area contributed by atoms with E-state index in [4.69, 9.17) is 9.15 Å². The van der Waals surface area contributed by atoms with Gasteiger partial charge < -0.3 is 19.2 Å². The number of hydrogen-bond donors (Lipinski definition) is 1. The maximum atomic E-state index is 12.8. The molecule has 1 aromatic carbocycles. The van der Waals surface area contributed by atoms with Crippen LogP contribution in [-0.2, 0) is 24.1 Å². The zero-order chi connectivity index (χ0) is 27.4. The van der Waals surface area contributed by atoms with Crippen LogP contribution < -0.4 is 0 Å². The summed E-state index contributed by atoms with van der Waals surface area (Å²) in [4.78, 5) is 19.8. The van der Waals surface area contributed by atoms with Crippen LogP contribution in [0.25, 0.3) is 0 Å². The topological polar surface area (TPSA) is 75.8 Å². The molecule has 0 saturated heterocycles. The minimum absolute atomic E-state index is 0.243. The highest BCUT2D eigenvalue weighted by atomic mass is 79.9. The average Bonchev–Trinajstić information content (AvgIpc) is 3.57. The molecule has 1 amide bonds.